The fraction of sp³-hybridized carbons (Fsp3) is 0.625. The molecule has 0 heterocycles. The molecule has 0 amide bonds. The number of hydrogen-bond acceptors (Lipinski definition) is 3. The molecule has 2 N–H and O–H groups in total. The largest absolute Gasteiger partial charge is 0.385 e. The van der Waals surface area contributed by atoms with E-state index < -0.39 is 10.0 Å². The first-order valence-electron chi connectivity index (χ1n) is 7.93. The van der Waals surface area contributed by atoms with E-state index in [1.165, 1.54) is 6.42 Å². The minimum absolute atomic E-state index is 0.0854. The highest BCUT2D eigenvalue weighted by atomic mass is 32.2. The standard InChI is InChI=1S/C16H26N2O2S/c1-3-13-7-5-6-8-16(13)18-21(19,20)15-11-9-14(10-12-15)17-4-2/h9-13,16-18H,3-8H2,1-2H3. The first kappa shape index (κ1) is 16.3. The van der Waals surface area contributed by atoms with Crippen LogP contribution >= 0.6 is 0 Å². The minimum atomic E-state index is -3.41. The van der Waals surface area contributed by atoms with Gasteiger partial charge in [-0.2, -0.15) is 0 Å². The van der Waals surface area contributed by atoms with Gasteiger partial charge in [0.2, 0.25) is 10.0 Å². The molecule has 1 aliphatic rings. The number of benzene rings is 1. The summed E-state index contributed by atoms with van der Waals surface area (Å²) < 4.78 is 27.9. The maximum Gasteiger partial charge on any atom is 0.240 e. The summed E-state index contributed by atoms with van der Waals surface area (Å²) in [6.07, 6.45) is 5.44. The van der Waals surface area contributed by atoms with Crippen LogP contribution in [0.25, 0.3) is 0 Å². The van der Waals surface area contributed by atoms with E-state index in [-0.39, 0.29) is 6.04 Å². The molecule has 0 aliphatic heterocycles. The fourth-order valence-corrected chi connectivity index (χ4v) is 4.41. The van der Waals surface area contributed by atoms with E-state index in [4.69, 9.17) is 0 Å². The molecule has 1 fully saturated rings. The second-order valence-corrected chi connectivity index (χ2v) is 7.45. The van der Waals surface area contributed by atoms with Gasteiger partial charge in [0.25, 0.3) is 0 Å². The van der Waals surface area contributed by atoms with Crippen molar-refractivity contribution in [1.82, 2.24) is 4.72 Å². The Morgan fingerprint density at radius 3 is 2.38 bits per heavy atom. The molecule has 2 atom stereocenters. The molecular weight excluding hydrogens is 284 g/mol. The summed E-state index contributed by atoms with van der Waals surface area (Å²) in [5.74, 6) is 0.467. The SMILES string of the molecule is CCNc1ccc(S(=O)(=O)NC2CCCCC2CC)cc1. The van der Waals surface area contributed by atoms with Gasteiger partial charge in [0.1, 0.15) is 0 Å². The molecule has 1 saturated carbocycles. The van der Waals surface area contributed by atoms with Crippen molar-refractivity contribution >= 4 is 15.7 Å². The quantitative estimate of drug-likeness (QED) is 0.847. The van der Waals surface area contributed by atoms with Crippen LogP contribution < -0.4 is 10.0 Å². The highest BCUT2D eigenvalue weighted by molar-refractivity contribution is 7.89. The second kappa shape index (κ2) is 7.27. The molecular formula is C16H26N2O2S. The van der Waals surface area contributed by atoms with Crippen molar-refractivity contribution in [3.05, 3.63) is 24.3 Å². The number of sulfonamides is 1. The molecule has 2 unspecified atom stereocenters. The van der Waals surface area contributed by atoms with Crippen molar-refractivity contribution in [2.45, 2.75) is 56.9 Å². The van der Waals surface area contributed by atoms with E-state index in [9.17, 15) is 8.42 Å². The van der Waals surface area contributed by atoms with E-state index in [2.05, 4.69) is 17.0 Å². The Morgan fingerprint density at radius 1 is 1.10 bits per heavy atom. The van der Waals surface area contributed by atoms with Gasteiger partial charge in [-0.1, -0.05) is 26.2 Å². The molecule has 1 aromatic rings. The van der Waals surface area contributed by atoms with Crippen molar-refractivity contribution < 1.29 is 8.42 Å². The van der Waals surface area contributed by atoms with Gasteiger partial charge in [0.15, 0.2) is 0 Å². The summed E-state index contributed by atoms with van der Waals surface area (Å²) in [7, 11) is -3.41. The Morgan fingerprint density at radius 2 is 1.76 bits per heavy atom. The van der Waals surface area contributed by atoms with Gasteiger partial charge in [-0.25, -0.2) is 13.1 Å². The Labute approximate surface area is 128 Å². The molecule has 1 aliphatic carbocycles. The predicted molar refractivity (Wildman–Crippen MR) is 87.0 cm³/mol. The molecule has 5 heteroatoms. The Balaban J connectivity index is 2.10. The summed E-state index contributed by atoms with van der Waals surface area (Å²) in [6, 6.07) is 7.06. The number of hydrogen-bond donors (Lipinski definition) is 2. The summed E-state index contributed by atoms with van der Waals surface area (Å²) in [5.41, 5.74) is 0.945. The normalized spacial score (nSPS) is 23.0. The molecule has 0 aromatic heterocycles. The summed E-state index contributed by atoms with van der Waals surface area (Å²) in [6.45, 7) is 4.98. The van der Waals surface area contributed by atoms with Gasteiger partial charge in [0.05, 0.1) is 4.90 Å². The van der Waals surface area contributed by atoms with Crippen LogP contribution in [0.5, 0.6) is 0 Å². The maximum atomic E-state index is 12.5. The lowest BCUT2D eigenvalue weighted by Crippen LogP contribution is -2.41. The molecule has 21 heavy (non-hydrogen) atoms. The third-order valence-corrected chi connectivity index (χ3v) is 5.79. The van der Waals surface area contributed by atoms with Crippen LogP contribution in [0, 0.1) is 5.92 Å². The molecule has 118 valence electrons. The zero-order valence-corrected chi connectivity index (χ0v) is 13.7. The average Bonchev–Trinajstić information content (AvgIpc) is 2.48. The monoisotopic (exact) mass is 310 g/mol. The maximum absolute atomic E-state index is 12.5. The van der Waals surface area contributed by atoms with Crippen LogP contribution in [0.15, 0.2) is 29.2 Å². The third kappa shape index (κ3) is 4.20. The molecule has 2 rings (SSSR count). The number of nitrogens with one attached hydrogen (secondary N) is 2. The first-order valence-corrected chi connectivity index (χ1v) is 9.41. The van der Waals surface area contributed by atoms with E-state index >= 15 is 0 Å². The minimum Gasteiger partial charge on any atom is -0.385 e. The summed E-state index contributed by atoms with van der Waals surface area (Å²) in [4.78, 5) is 0.351. The van der Waals surface area contributed by atoms with Crippen LogP contribution in [-0.2, 0) is 10.0 Å². The average molecular weight is 310 g/mol. The van der Waals surface area contributed by atoms with Crippen molar-refractivity contribution in [1.29, 1.82) is 0 Å². The van der Waals surface area contributed by atoms with Crippen molar-refractivity contribution in [2.75, 3.05) is 11.9 Å². The zero-order chi connectivity index (χ0) is 15.3. The molecule has 0 spiro atoms. The van der Waals surface area contributed by atoms with Gasteiger partial charge in [0, 0.05) is 18.3 Å². The second-order valence-electron chi connectivity index (χ2n) is 5.74. The Kier molecular flexibility index (Phi) is 5.65. The highest BCUT2D eigenvalue weighted by Gasteiger charge is 2.28. The fourth-order valence-electron chi connectivity index (χ4n) is 3.07. The first-order chi connectivity index (χ1) is 10.1. The predicted octanol–water partition coefficient (Wildman–Crippen LogP) is 3.37. The van der Waals surface area contributed by atoms with Crippen molar-refractivity contribution in [3.63, 3.8) is 0 Å². The van der Waals surface area contributed by atoms with Gasteiger partial charge in [-0.3, -0.25) is 0 Å². The van der Waals surface area contributed by atoms with E-state index in [0.29, 0.717) is 10.8 Å². The van der Waals surface area contributed by atoms with Crippen LogP contribution in [0.3, 0.4) is 0 Å². The van der Waals surface area contributed by atoms with Gasteiger partial charge in [-0.05, 0) is 49.9 Å². The van der Waals surface area contributed by atoms with Crippen LogP contribution in [-0.4, -0.2) is 21.0 Å². The number of anilines is 1. The van der Waals surface area contributed by atoms with Gasteiger partial charge in [-0.15, -0.1) is 0 Å². The van der Waals surface area contributed by atoms with Gasteiger partial charge < -0.3 is 5.32 Å². The van der Waals surface area contributed by atoms with E-state index in [1.807, 2.05) is 19.1 Å². The van der Waals surface area contributed by atoms with Crippen LogP contribution in [0.4, 0.5) is 5.69 Å². The molecule has 0 saturated heterocycles. The lowest BCUT2D eigenvalue weighted by molar-refractivity contribution is 0.282. The van der Waals surface area contributed by atoms with E-state index in [1.54, 1.807) is 12.1 Å². The summed E-state index contributed by atoms with van der Waals surface area (Å²) >= 11 is 0. The topological polar surface area (TPSA) is 58.2 Å². The van der Waals surface area contributed by atoms with Crippen molar-refractivity contribution in [3.8, 4) is 0 Å². The summed E-state index contributed by atoms with van der Waals surface area (Å²) in [5, 5.41) is 3.17. The number of rotatable bonds is 6. The highest BCUT2D eigenvalue weighted by Crippen LogP contribution is 2.28. The van der Waals surface area contributed by atoms with Crippen LogP contribution in [0.2, 0.25) is 0 Å². The third-order valence-electron chi connectivity index (χ3n) is 4.29. The molecule has 4 nitrogen and oxygen atoms in total. The lowest BCUT2D eigenvalue weighted by atomic mass is 9.83. The molecule has 0 radical (unpaired) electrons. The van der Waals surface area contributed by atoms with E-state index in [0.717, 1.165) is 37.9 Å². The van der Waals surface area contributed by atoms with Gasteiger partial charge >= 0.3 is 0 Å². The smallest absolute Gasteiger partial charge is 0.240 e. The Bertz CT molecular complexity index is 540. The van der Waals surface area contributed by atoms with Crippen molar-refractivity contribution in [2.24, 2.45) is 5.92 Å². The van der Waals surface area contributed by atoms with Crippen LogP contribution in [0.1, 0.15) is 46.0 Å². The lowest BCUT2D eigenvalue weighted by Gasteiger charge is -2.31. The Hall–Kier alpha value is -1.07. The molecule has 1 aromatic carbocycles. The zero-order valence-electron chi connectivity index (χ0n) is 12.9. The molecule has 0 bridgehead atoms.